The lowest BCUT2D eigenvalue weighted by Crippen LogP contribution is -2.00. The van der Waals surface area contributed by atoms with Gasteiger partial charge in [-0.25, -0.2) is 9.55 Å². The van der Waals surface area contributed by atoms with Crippen molar-refractivity contribution in [3.8, 4) is 17.6 Å². The van der Waals surface area contributed by atoms with Gasteiger partial charge in [0.1, 0.15) is 23.6 Å². The van der Waals surface area contributed by atoms with Crippen LogP contribution < -0.4 is 5.73 Å². The quantitative estimate of drug-likeness (QED) is 0.559. The summed E-state index contributed by atoms with van der Waals surface area (Å²) in [6, 6.07) is 1.87. The number of aromatic nitrogens is 4. The molecule has 0 bridgehead atoms. The van der Waals surface area contributed by atoms with Gasteiger partial charge in [-0.2, -0.15) is 10.4 Å². The summed E-state index contributed by atoms with van der Waals surface area (Å²) in [5.41, 5.74) is 5.81. The summed E-state index contributed by atoms with van der Waals surface area (Å²) >= 11 is 0. The van der Waals surface area contributed by atoms with Crippen LogP contribution in [0.3, 0.4) is 0 Å². The lowest BCUT2D eigenvalue weighted by Gasteiger charge is -1.95. The van der Waals surface area contributed by atoms with E-state index >= 15 is 0 Å². The Morgan fingerprint density at radius 2 is 2.41 bits per heavy atom. The molecule has 0 amide bonds. The molecule has 2 heterocycles. The van der Waals surface area contributed by atoms with E-state index in [-0.39, 0.29) is 28.7 Å². The van der Waals surface area contributed by atoms with Gasteiger partial charge in [0.15, 0.2) is 5.69 Å². The van der Waals surface area contributed by atoms with E-state index in [9.17, 15) is 10.1 Å². The summed E-state index contributed by atoms with van der Waals surface area (Å²) in [5.74, 6) is 0.125. The Bertz CT molecular complexity index is 633. The molecule has 0 aliphatic rings. The predicted octanol–water partition coefficient (Wildman–Crippen LogP) is 0.172. The van der Waals surface area contributed by atoms with Gasteiger partial charge >= 0.3 is 5.82 Å². The van der Waals surface area contributed by atoms with Crippen LogP contribution in [0, 0.1) is 21.4 Å². The van der Waals surface area contributed by atoms with Gasteiger partial charge in [0.25, 0.3) is 5.82 Å². The molecule has 0 atom stereocenters. The normalized spacial score (nSPS) is 10.1. The maximum atomic E-state index is 10.7. The number of aromatic amines is 1. The molecule has 0 unspecified atom stereocenters. The highest BCUT2D eigenvalue weighted by atomic mass is 16.6. The first-order valence-electron chi connectivity index (χ1n) is 4.46. The zero-order chi connectivity index (χ0) is 12.6. The Hall–Kier alpha value is -2.89. The fraction of sp³-hybridized carbons (Fsp3) is 0.125. The largest absolute Gasteiger partial charge is 0.383 e. The molecule has 86 valence electrons. The minimum absolute atomic E-state index is 0.105. The number of nitro groups is 1. The zero-order valence-corrected chi connectivity index (χ0v) is 8.71. The number of anilines is 1. The number of hydrogen-bond donors (Lipinski definition) is 2. The minimum Gasteiger partial charge on any atom is -0.383 e. The molecule has 0 radical (unpaired) electrons. The fourth-order valence-corrected chi connectivity index (χ4v) is 1.42. The van der Waals surface area contributed by atoms with E-state index in [4.69, 9.17) is 11.0 Å². The van der Waals surface area contributed by atoms with Gasteiger partial charge in [-0.3, -0.25) is 5.10 Å². The number of nitrogens with one attached hydrogen (secondary N) is 1. The Morgan fingerprint density at radius 3 is 2.94 bits per heavy atom. The summed E-state index contributed by atoms with van der Waals surface area (Å²) in [6.45, 7) is 0. The van der Waals surface area contributed by atoms with Gasteiger partial charge in [0.05, 0.1) is 7.05 Å². The van der Waals surface area contributed by atoms with E-state index in [0.29, 0.717) is 0 Å². The van der Waals surface area contributed by atoms with Crippen LogP contribution in [-0.2, 0) is 7.05 Å². The second-order valence-electron chi connectivity index (χ2n) is 3.23. The molecule has 2 aromatic rings. The van der Waals surface area contributed by atoms with Gasteiger partial charge < -0.3 is 15.8 Å². The number of rotatable bonds is 2. The van der Waals surface area contributed by atoms with Crippen molar-refractivity contribution in [3.05, 3.63) is 21.9 Å². The molecule has 9 heteroatoms. The Morgan fingerprint density at radius 1 is 1.71 bits per heavy atom. The topological polar surface area (TPSA) is 139 Å². The number of H-pyrrole nitrogens is 1. The van der Waals surface area contributed by atoms with Crippen molar-refractivity contribution in [1.82, 2.24) is 19.7 Å². The molecule has 0 aromatic carbocycles. The van der Waals surface area contributed by atoms with E-state index < -0.39 is 4.92 Å². The molecule has 3 N–H and O–H groups in total. The van der Waals surface area contributed by atoms with Crippen molar-refractivity contribution in [3.63, 3.8) is 0 Å². The molecule has 9 nitrogen and oxygen atoms in total. The first-order valence-corrected chi connectivity index (χ1v) is 4.46. The van der Waals surface area contributed by atoms with Crippen molar-refractivity contribution >= 4 is 11.6 Å². The van der Waals surface area contributed by atoms with Crippen molar-refractivity contribution in [2.75, 3.05) is 5.73 Å². The maximum absolute atomic E-state index is 10.7. The predicted molar refractivity (Wildman–Crippen MR) is 56.6 cm³/mol. The minimum atomic E-state index is -0.571. The van der Waals surface area contributed by atoms with Crippen LogP contribution in [0.4, 0.5) is 11.6 Å². The maximum Gasteiger partial charge on any atom is 0.342 e. The van der Waals surface area contributed by atoms with Crippen LogP contribution in [0.5, 0.6) is 0 Å². The van der Waals surface area contributed by atoms with Gasteiger partial charge in [-0.15, -0.1) is 0 Å². The van der Waals surface area contributed by atoms with E-state index in [1.165, 1.54) is 11.6 Å². The van der Waals surface area contributed by atoms with E-state index in [1.54, 1.807) is 0 Å². The lowest BCUT2D eigenvalue weighted by atomic mass is 10.2. The van der Waals surface area contributed by atoms with Crippen LogP contribution in [0.15, 0.2) is 6.20 Å². The number of imidazole rings is 1. The van der Waals surface area contributed by atoms with Crippen molar-refractivity contribution < 1.29 is 4.92 Å². The average Bonchev–Trinajstić information content (AvgIpc) is 2.81. The summed E-state index contributed by atoms with van der Waals surface area (Å²) in [7, 11) is 1.46. The fourth-order valence-electron chi connectivity index (χ4n) is 1.42. The highest BCUT2D eigenvalue weighted by Crippen LogP contribution is 2.25. The molecule has 0 saturated carbocycles. The second-order valence-corrected chi connectivity index (χ2v) is 3.23. The smallest absolute Gasteiger partial charge is 0.342 e. The average molecular weight is 233 g/mol. The molecular formula is C8H7N7O2. The van der Waals surface area contributed by atoms with Crippen LogP contribution in [0.2, 0.25) is 0 Å². The zero-order valence-electron chi connectivity index (χ0n) is 8.71. The van der Waals surface area contributed by atoms with Crippen LogP contribution in [-0.4, -0.2) is 24.7 Å². The summed E-state index contributed by atoms with van der Waals surface area (Å²) in [4.78, 5) is 13.9. The molecule has 0 aliphatic carbocycles. The highest BCUT2D eigenvalue weighted by molar-refractivity contribution is 5.68. The summed E-state index contributed by atoms with van der Waals surface area (Å²) in [6.07, 6.45) is 1.10. The standard InChI is InChI=1S/C8H7N7O2/c1-14-5(15(16)17)3-11-8(14)6-4(2-9)7(10)13-12-6/h3H,1H3,(H3,10,12,13). The number of nitrogens with two attached hydrogens (primary N) is 1. The first kappa shape index (κ1) is 10.6. The molecule has 17 heavy (non-hydrogen) atoms. The third-order valence-electron chi connectivity index (χ3n) is 2.27. The number of nitriles is 1. The SMILES string of the molecule is Cn1c([N+](=O)[O-])cnc1-c1n[nH]c(N)c1C#N. The molecule has 0 aliphatic heterocycles. The monoisotopic (exact) mass is 233 g/mol. The Balaban J connectivity index is 2.62. The Labute approximate surface area is 94.6 Å². The van der Waals surface area contributed by atoms with Crippen molar-refractivity contribution in [2.45, 2.75) is 0 Å². The van der Waals surface area contributed by atoms with Gasteiger partial charge in [0, 0.05) is 0 Å². The van der Waals surface area contributed by atoms with Crippen molar-refractivity contribution in [1.29, 1.82) is 5.26 Å². The van der Waals surface area contributed by atoms with Crippen LogP contribution in [0.25, 0.3) is 11.5 Å². The molecule has 2 aromatic heterocycles. The van der Waals surface area contributed by atoms with Gasteiger partial charge in [0.2, 0.25) is 0 Å². The van der Waals surface area contributed by atoms with Crippen LogP contribution in [0.1, 0.15) is 5.56 Å². The highest BCUT2D eigenvalue weighted by Gasteiger charge is 2.24. The third kappa shape index (κ3) is 1.48. The molecule has 0 saturated heterocycles. The number of nitrogen functional groups attached to an aromatic ring is 1. The molecule has 2 rings (SSSR count). The van der Waals surface area contributed by atoms with Crippen LogP contribution >= 0.6 is 0 Å². The molecular weight excluding hydrogens is 226 g/mol. The van der Waals surface area contributed by atoms with Crippen molar-refractivity contribution in [2.24, 2.45) is 7.05 Å². The number of nitrogens with zero attached hydrogens (tertiary/aromatic N) is 5. The van der Waals surface area contributed by atoms with Gasteiger partial charge in [-0.1, -0.05) is 0 Å². The summed E-state index contributed by atoms with van der Waals surface area (Å²) in [5, 5.41) is 25.8. The van der Waals surface area contributed by atoms with Gasteiger partial charge in [-0.05, 0) is 4.92 Å². The summed E-state index contributed by atoms with van der Waals surface area (Å²) < 4.78 is 1.23. The van der Waals surface area contributed by atoms with E-state index in [1.807, 2.05) is 6.07 Å². The second kappa shape index (κ2) is 3.60. The first-order chi connectivity index (χ1) is 8.06. The molecule has 0 spiro atoms. The Kier molecular flexibility index (Phi) is 2.25. The lowest BCUT2D eigenvalue weighted by molar-refractivity contribution is -0.391. The molecule has 0 fully saturated rings. The third-order valence-corrected chi connectivity index (χ3v) is 2.27. The number of hydrogen-bond acceptors (Lipinski definition) is 6. The van der Waals surface area contributed by atoms with E-state index in [0.717, 1.165) is 6.20 Å². The van der Waals surface area contributed by atoms with E-state index in [2.05, 4.69) is 15.2 Å².